The molecule has 4 saturated carbocycles. The Morgan fingerprint density at radius 3 is 1.94 bits per heavy atom. The van der Waals surface area contributed by atoms with Crippen molar-refractivity contribution in [1.82, 2.24) is 0 Å². The lowest BCUT2D eigenvalue weighted by Gasteiger charge is -2.72. The highest BCUT2D eigenvalue weighted by Crippen LogP contribution is 2.76. The quantitative estimate of drug-likeness (QED) is 0.0648. The maximum Gasteiger partial charge on any atom is 0.192 e. The van der Waals surface area contributed by atoms with E-state index in [0.717, 1.165) is 75.9 Å². The van der Waals surface area contributed by atoms with Crippen LogP contribution in [0.1, 0.15) is 194 Å². The lowest BCUT2D eigenvalue weighted by molar-refractivity contribution is -0.382. The molecule has 7 fully saturated rings. The zero-order valence-corrected chi connectivity index (χ0v) is 54.6. The zero-order valence-electron chi connectivity index (χ0n) is 53.6. The Morgan fingerprint density at radius 1 is 0.662 bits per heavy atom. The fraction of sp³-hybridized carbons (Fsp3) is 0.855. The lowest BCUT2D eigenvalue weighted by Crippen LogP contribution is -2.68. The molecule has 8 aliphatic rings. The third-order valence-electron chi connectivity index (χ3n) is 26.1. The minimum absolute atomic E-state index is 0.0132. The minimum Gasteiger partial charge on any atom is -0.408 e. The molecule has 0 N–H and O–H groups in total. The second kappa shape index (κ2) is 23.5. The fourth-order valence-electron chi connectivity index (χ4n) is 19.4. The fourth-order valence-corrected chi connectivity index (χ4v) is 22.3. The summed E-state index contributed by atoms with van der Waals surface area (Å²) >= 11 is 0. The number of carbonyl (C=O) groups excluding carboxylic acids is 2. The highest BCUT2D eigenvalue weighted by atomic mass is 28.4. The average Bonchev–Trinajstić information content (AvgIpc) is 3.21. The molecule has 25 atom stereocenters. The molecular weight excluding hydrogens is 1020 g/mol. The van der Waals surface area contributed by atoms with Gasteiger partial charge in [0.05, 0.1) is 53.6 Å². The zero-order chi connectivity index (χ0) is 58.3. The third-order valence-corrected chi connectivity index (χ3v) is 30.7. The van der Waals surface area contributed by atoms with E-state index in [1.54, 1.807) is 0 Å². The number of Topliss-reactive ketones (excluding diaryl/α,β-unsaturated/α-hetero) is 1. The van der Waals surface area contributed by atoms with Crippen LogP contribution >= 0.6 is 0 Å². The van der Waals surface area contributed by atoms with Gasteiger partial charge in [-0.05, 0) is 171 Å². The van der Waals surface area contributed by atoms with Crippen LogP contribution in [0, 0.1) is 85.8 Å². The Kier molecular flexibility index (Phi) is 18.4. The van der Waals surface area contributed by atoms with Crippen LogP contribution in [0.2, 0.25) is 18.1 Å². The van der Waals surface area contributed by atoms with Crippen LogP contribution in [0.5, 0.6) is 0 Å². The first-order valence-electron chi connectivity index (χ1n) is 32.6. The highest BCUT2D eigenvalue weighted by molar-refractivity contribution is 6.73. The summed E-state index contributed by atoms with van der Waals surface area (Å²) in [4.78, 5) is 28.7. The molecule has 0 spiro atoms. The summed E-state index contributed by atoms with van der Waals surface area (Å²) in [6.07, 6.45) is 9.15. The predicted molar refractivity (Wildman–Crippen MR) is 320 cm³/mol. The van der Waals surface area contributed by atoms with E-state index >= 15 is 0 Å². The van der Waals surface area contributed by atoms with E-state index < -0.39 is 56.3 Å². The van der Waals surface area contributed by atoms with Crippen molar-refractivity contribution in [3.63, 3.8) is 0 Å². The monoisotopic (exact) mass is 1130 g/mol. The molecule has 452 valence electrons. The van der Waals surface area contributed by atoms with Crippen molar-refractivity contribution in [1.29, 1.82) is 0 Å². The lowest BCUT2D eigenvalue weighted by atomic mass is 9.33. The Labute approximate surface area is 486 Å². The van der Waals surface area contributed by atoms with Crippen LogP contribution in [-0.2, 0) is 53.6 Å². The number of aldehydes is 1. The van der Waals surface area contributed by atoms with Gasteiger partial charge in [-0.1, -0.05) is 153 Å². The number of methoxy groups -OCH3 is 1. The SMILES string of the molecule is CCC1O[C@@H](OC2[C@H](O[C@H]3CCC4(C)C5CC=C6C7CC(C)(C)CC[C@]7(C(C)=O)[C@H](OC)CC6(C)C5(C)CC[C@H]4C3(C)C=O)OC(Cc3ccccc3)[C@@H](C)[C@@H]2O[C@@H]2O[C@@H](C)[C@H](C)C(C)C2C)C(O[Si](CC)(CC)CC)[C@@H](C)[C@H]1C. The van der Waals surface area contributed by atoms with Crippen molar-refractivity contribution in [2.45, 2.75) is 281 Å². The summed E-state index contributed by atoms with van der Waals surface area (Å²) in [5.41, 5.74) is 1.12. The highest BCUT2D eigenvalue weighted by Gasteiger charge is 2.72. The molecule has 9 rings (SSSR count). The van der Waals surface area contributed by atoms with Crippen molar-refractivity contribution in [2.75, 3.05) is 7.11 Å². The van der Waals surface area contributed by atoms with Crippen molar-refractivity contribution < 1.29 is 47.2 Å². The van der Waals surface area contributed by atoms with Crippen LogP contribution < -0.4 is 0 Å². The summed E-state index contributed by atoms with van der Waals surface area (Å²) < 4.78 is 58.9. The van der Waals surface area contributed by atoms with Gasteiger partial charge >= 0.3 is 0 Å². The first-order valence-corrected chi connectivity index (χ1v) is 35.1. The number of benzene rings is 1. The van der Waals surface area contributed by atoms with Crippen molar-refractivity contribution in [3.05, 3.63) is 47.5 Å². The molecule has 1 aromatic rings. The number of ketones is 1. The van der Waals surface area contributed by atoms with Crippen molar-refractivity contribution in [3.8, 4) is 0 Å². The van der Waals surface area contributed by atoms with Gasteiger partial charge in [-0.15, -0.1) is 0 Å². The van der Waals surface area contributed by atoms with Crippen LogP contribution in [-0.4, -0.2) is 95.2 Å². The number of hydrogen-bond acceptors (Lipinski definition) is 10. The van der Waals surface area contributed by atoms with Gasteiger partial charge in [0.2, 0.25) is 0 Å². The van der Waals surface area contributed by atoms with E-state index in [4.69, 9.17) is 37.6 Å². The maximum atomic E-state index is 14.6. The van der Waals surface area contributed by atoms with Gasteiger partial charge in [0.1, 0.15) is 18.2 Å². The summed E-state index contributed by atoms with van der Waals surface area (Å²) in [6.45, 7) is 41.6. The topological polar surface area (TPSA) is 108 Å². The second-order valence-corrected chi connectivity index (χ2v) is 34.7. The van der Waals surface area contributed by atoms with E-state index in [1.807, 2.05) is 14.0 Å². The van der Waals surface area contributed by atoms with E-state index in [0.29, 0.717) is 36.4 Å². The first-order chi connectivity index (χ1) is 37.7. The number of ether oxygens (including phenoxy) is 7. The van der Waals surface area contributed by atoms with Gasteiger partial charge in [0.15, 0.2) is 27.2 Å². The van der Waals surface area contributed by atoms with Gasteiger partial charge < -0.3 is 42.4 Å². The van der Waals surface area contributed by atoms with E-state index in [2.05, 4.69) is 154 Å². The van der Waals surface area contributed by atoms with E-state index in [1.165, 1.54) is 17.4 Å². The molecule has 10 nitrogen and oxygen atoms in total. The predicted octanol–water partition coefficient (Wildman–Crippen LogP) is 15.4. The molecule has 0 bridgehead atoms. The maximum absolute atomic E-state index is 14.6. The summed E-state index contributed by atoms with van der Waals surface area (Å²) in [5.74, 6) is 2.01. The van der Waals surface area contributed by atoms with Crippen molar-refractivity contribution in [2.24, 2.45) is 85.8 Å². The Morgan fingerprint density at radius 2 is 1.31 bits per heavy atom. The normalized spacial score (nSPS) is 48.4. The minimum atomic E-state index is -2.16. The second-order valence-electron chi connectivity index (χ2n) is 30.0. The third kappa shape index (κ3) is 10.3. The Hall–Kier alpha value is -1.80. The molecule has 0 aromatic heterocycles. The van der Waals surface area contributed by atoms with Gasteiger partial charge in [0.25, 0.3) is 0 Å². The molecule has 3 heterocycles. The smallest absolute Gasteiger partial charge is 0.192 e. The first kappa shape index (κ1) is 62.7. The van der Waals surface area contributed by atoms with Crippen LogP contribution in [0.3, 0.4) is 0 Å². The molecular formula is C69H112O10Si. The number of fused-ring (bicyclic) bond motifs is 7. The molecule has 5 aliphatic carbocycles. The van der Waals surface area contributed by atoms with Crippen LogP contribution in [0.4, 0.5) is 0 Å². The van der Waals surface area contributed by atoms with Crippen LogP contribution in [0.15, 0.2) is 42.0 Å². The largest absolute Gasteiger partial charge is 0.408 e. The van der Waals surface area contributed by atoms with Gasteiger partial charge in [-0.2, -0.15) is 0 Å². The number of hydrogen-bond donors (Lipinski definition) is 0. The van der Waals surface area contributed by atoms with E-state index in [-0.39, 0.29) is 87.7 Å². The Bertz CT molecular complexity index is 2330. The summed E-state index contributed by atoms with van der Waals surface area (Å²) in [6, 6.07) is 13.7. The molecule has 12 unspecified atom stereocenters. The molecule has 3 saturated heterocycles. The standard InChI is InChI=1S/C69H112O10Si/c1-20-52-43(7)44(8)59(79-80(21-2,22-3)23-4)62(74-52)78-60-58(77-61-45(9)41(5)42(6)47(11)73-61)46(10)53(37-49-27-25-24-26-28-49)75-63(60)76-56-32-33-65(15)54(66(56,16)40-70)31-34-67(17)55(65)30-29-50-51-38-64(13,14)35-36-69(51,48(12)71)57(72-19)39-68(50,67)18/h24-29,40-47,51-63H,20-23,30-39H2,1-19H3/t41?,42-,43-,44+,45?,46-,47+,51?,52?,53?,54-,55?,56+,57-,58+,59?,60?,61+,62+,63+,65?,66?,67?,68?,69-/m1/s1. The van der Waals surface area contributed by atoms with Gasteiger partial charge in [-0.3, -0.25) is 4.79 Å². The van der Waals surface area contributed by atoms with Gasteiger partial charge in [0, 0.05) is 18.9 Å². The van der Waals surface area contributed by atoms with E-state index in [9.17, 15) is 9.59 Å². The summed E-state index contributed by atoms with van der Waals surface area (Å²) in [5, 5.41) is 0. The number of rotatable bonds is 17. The van der Waals surface area contributed by atoms with Gasteiger partial charge in [-0.25, -0.2) is 0 Å². The summed E-state index contributed by atoms with van der Waals surface area (Å²) in [7, 11) is -0.309. The number of allylic oxidation sites excluding steroid dienone is 2. The molecule has 80 heavy (non-hydrogen) atoms. The molecule has 1 aromatic carbocycles. The molecule has 0 radical (unpaired) electrons. The molecule has 11 heteroatoms. The number of carbonyl (C=O) groups is 2. The molecule has 0 amide bonds. The molecule has 3 aliphatic heterocycles. The van der Waals surface area contributed by atoms with Crippen LogP contribution in [0.25, 0.3) is 0 Å². The van der Waals surface area contributed by atoms with Crippen molar-refractivity contribution >= 4 is 20.4 Å². The average molecular weight is 1130 g/mol. The Balaban J connectivity index is 1.10.